The molecule has 0 aliphatic carbocycles. The molecule has 2 aromatic rings. The molecule has 2 rings (SSSR count). The number of alkyl halides is 1. The predicted molar refractivity (Wildman–Crippen MR) is 75.3 cm³/mol. The summed E-state index contributed by atoms with van der Waals surface area (Å²) in [5.74, 6) is 0.971. The van der Waals surface area contributed by atoms with Crippen LogP contribution in [0.4, 0.5) is 0 Å². The minimum atomic E-state index is 0.257. The zero-order valence-corrected chi connectivity index (χ0v) is 12.4. The van der Waals surface area contributed by atoms with Gasteiger partial charge in [0.25, 0.3) is 0 Å². The van der Waals surface area contributed by atoms with Crippen LogP contribution in [0.15, 0.2) is 23.6 Å². The van der Waals surface area contributed by atoms with Crippen LogP contribution >= 0.6 is 38.6 Å². The molecule has 0 N–H and O–H groups in total. The van der Waals surface area contributed by atoms with Gasteiger partial charge in [-0.2, -0.15) is 0 Å². The molecule has 0 aromatic carbocycles. The Morgan fingerprint density at radius 1 is 1.38 bits per heavy atom. The van der Waals surface area contributed by atoms with Crippen LogP contribution < -0.4 is 4.74 Å². The van der Waals surface area contributed by atoms with E-state index in [1.54, 1.807) is 18.4 Å². The Morgan fingerprint density at radius 3 is 2.81 bits per heavy atom. The average molecular weight is 317 g/mol. The number of hydrogen-bond donors (Lipinski definition) is 0. The highest BCUT2D eigenvalue weighted by Gasteiger charge is 2.18. The van der Waals surface area contributed by atoms with Gasteiger partial charge >= 0.3 is 0 Å². The molecule has 2 aromatic heterocycles. The second kappa shape index (κ2) is 5.34. The van der Waals surface area contributed by atoms with E-state index >= 15 is 0 Å². The van der Waals surface area contributed by atoms with Gasteiger partial charge in [-0.1, -0.05) is 22.9 Å². The van der Waals surface area contributed by atoms with Gasteiger partial charge in [0.1, 0.15) is 5.75 Å². The summed E-state index contributed by atoms with van der Waals surface area (Å²) in [4.78, 5) is 4.27. The first-order chi connectivity index (χ1) is 7.76. The minimum absolute atomic E-state index is 0.257. The SMILES string of the molecule is CCc1ccc(C(Br)c2sccc2OC)s1. The predicted octanol–water partition coefficient (Wildman–Crippen LogP) is 4.86. The number of thiophene rings is 2. The highest BCUT2D eigenvalue weighted by atomic mass is 79.9. The number of hydrogen-bond acceptors (Lipinski definition) is 3. The third-order valence-electron chi connectivity index (χ3n) is 2.39. The molecule has 0 aliphatic rings. The third kappa shape index (κ3) is 2.34. The van der Waals surface area contributed by atoms with E-state index in [1.165, 1.54) is 14.6 Å². The van der Waals surface area contributed by atoms with Crippen LogP contribution in [0.2, 0.25) is 0 Å². The molecule has 0 saturated heterocycles. The fraction of sp³-hybridized carbons (Fsp3) is 0.333. The summed E-state index contributed by atoms with van der Waals surface area (Å²) in [7, 11) is 1.72. The normalized spacial score (nSPS) is 12.7. The van der Waals surface area contributed by atoms with Gasteiger partial charge in [-0.15, -0.1) is 22.7 Å². The summed E-state index contributed by atoms with van der Waals surface area (Å²) in [6, 6.07) is 6.42. The monoisotopic (exact) mass is 316 g/mol. The molecular weight excluding hydrogens is 304 g/mol. The lowest BCUT2D eigenvalue weighted by Crippen LogP contribution is -1.89. The van der Waals surface area contributed by atoms with E-state index in [-0.39, 0.29) is 4.83 Å². The number of ether oxygens (including phenoxy) is 1. The standard InChI is InChI=1S/C12H13BrOS2/c1-3-8-4-5-10(16-8)11(13)12-9(14-2)6-7-15-12/h4-7,11H,3H2,1-2H3. The van der Waals surface area contributed by atoms with Gasteiger partial charge in [-0.25, -0.2) is 0 Å². The summed E-state index contributed by atoms with van der Waals surface area (Å²) in [5.41, 5.74) is 0. The molecule has 86 valence electrons. The van der Waals surface area contributed by atoms with Gasteiger partial charge in [-0.3, -0.25) is 0 Å². The van der Waals surface area contributed by atoms with Crippen molar-refractivity contribution in [3.8, 4) is 5.75 Å². The summed E-state index contributed by atoms with van der Waals surface area (Å²) in [6.07, 6.45) is 1.10. The van der Waals surface area contributed by atoms with Crippen molar-refractivity contribution in [2.75, 3.05) is 7.11 Å². The van der Waals surface area contributed by atoms with Crippen molar-refractivity contribution in [2.24, 2.45) is 0 Å². The van der Waals surface area contributed by atoms with Crippen LogP contribution in [-0.4, -0.2) is 7.11 Å². The number of aryl methyl sites for hydroxylation is 1. The van der Waals surface area contributed by atoms with Crippen molar-refractivity contribution >= 4 is 38.6 Å². The van der Waals surface area contributed by atoms with Gasteiger partial charge in [0.2, 0.25) is 0 Å². The van der Waals surface area contributed by atoms with Crippen LogP contribution in [0.3, 0.4) is 0 Å². The van der Waals surface area contributed by atoms with Crippen molar-refractivity contribution < 1.29 is 4.74 Å². The number of methoxy groups -OCH3 is 1. The number of halogens is 1. The lowest BCUT2D eigenvalue weighted by Gasteiger charge is -2.07. The minimum Gasteiger partial charge on any atom is -0.496 e. The quantitative estimate of drug-likeness (QED) is 0.731. The maximum Gasteiger partial charge on any atom is 0.134 e. The molecule has 0 spiro atoms. The zero-order valence-electron chi connectivity index (χ0n) is 9.20. The second-order valence-corrected chi connectivity index (χ2v) is 6.44. The summed E-state index contributed by atoms with van der Waals surface area (Å²) in [6.45, 7) is 2.19. The molecule has 1 unspecified atom stereocenters. The Morgan fingerprint density at radius 2 is 2.19 bits per heavy atom. The molecule has 1 atom stereocenters. The summed E-state index contributed by atoms with van der Waals surface area (Å²) in [5, 5.41) is 2.07. The smallest absolute Gasteiger partial charge is 0.134 e. The molecule has 0 amide bonds. The van der Waals surface area contributed by atoms with E-state index in [0.29, 0.717) is 0 Å². The van der Waals surface area contributed by atoms with Crippen molar-refractivity contribution in [1.29, 1.82) is 0 Å². The molecule has 0 saturated carbocycles. The molecule has 0 bridgehead atoms. The molecule has 0 aliphatic heterocycles. The lowest BCUT2D eigenvalue weighted by atomic mass is 10.2. The molecule has 0 fully saturated rings. The van der Waals surface area contributed by atoms with Gasteiger partial charge in [0.15, 0.2) is 0 Å². The van der Waals surface area contributed by atoms with Gasteiger partial charge in [0, 0.05) is 9.75 Å². The van der Waals surface area contributed by atoms with Crippen LogP contribution in [0.5, 0.6) is 5.75 Å². The van der Waals surface area contributed by atoms with E-state index in [0.717, 1.165) is 12.2 Å². The van der Waals surface area contributed by atoms with Crippen molar-refractivity contribution in [3.63, 3.8) is 0 Å². The zero-order chi connectivity index (χ0) is 11.5. The molecule has 2 heterocycles. The van der Waals surface area contributed by atoms with Crippen LogP contribution in [-0.2, 0) is 6.42 Å². The molecule has 0 radical (unpaired) electrons. The van der Waals surface area contributed by atoms with E-state index in [2.05, 4.69) is 40.4 Å². The van der Waals surface area contributed by atoms with E-state index < -0.39 is 0 Å². The number of rotatable bonds is 4. The molecule has 16 heavy (non-hydrogen) atoms. The Kier molecular flexibility index (Phi) is 4.05. The Hall–Kier alpha value is -0.320. The first kappa shape index (κ1) is 12.1. The molecule has 4 heteroatoms. The van der Waals surface area contributed by atoms with Gasteiger partial charge < -0.3 is 4.74 Å². The average Bonchev–Trinajstić information content (AvgIpc) is 2.96. The Balaban J connectivity index is 2.27. The van der Waals surface area contributed by atoms with Crippen LogP contribution in [0.1, 0.15) is 26.4 Å². The highest BCUT2D eigenvalue weighted by Crippen LogP contribution is 2.42. The third-order valence-corrected chi connectivity index (χ3v) is 6.20. The van der Waals surface area contributed by atoms with Crippen molar-refractivity contribution in [1.82, 2.24) is 0 Å². The summed E-state index contributed by atoms with van der Waals surface area (Å²) < 4.78 is 5.35. The van der Waals surface area contributed by atoms with E-state index in [4.69, 9.17) is 4.74 Å². The van der Waals surface area contributed by atoms with Crippen molar-refractivity contribution in [3.05, 3.63) is 38.2 Å². The fourth-order valence-electron chi connectivity index (χ4n) is 1.51. The summed E-state index contributed by atoms with van der Waals surface area (Å²) >= 11 is 7.34. The maximum atomic E-state index is 5.35. The Labute approximate surface area is 112 Å². The fourth-order valence-corrected chi connectivity index (χ4v) is 4.36. The van der Waals surface area contributed by atoms with Gasteiger partial charge in [-0.05, 0) is 30.0 Å². The first-order valence-corrected chi connectivity index (χ1v) is 7.71. The van der Waals surface area contributed by atoms with Crippen molar-refractivity contribution in [2.45, 2.75) is 18.2 Å². The largest absolute Gasteiger partial charge is 0.496 e. The maximum absolute atomic E-state index is 5.35. The van der Waals surface area contributed by atoms with Gasteiger partial charge in [0.05, 0.1) is 16.8 Å². The first-order valence-electron chi connectivity index (χ1n) is 5.10. The molecule has 1 nitrogen and oxygen atoms in total. The van der Waals surface area contributed by atoms with Crippen LogP contribution in [0.25, 0.3) is 0 Å². The second-order valence-electron chi connectivity index (χ2n) is 3.37. The van der Waals surface area contributed by atoms with E-state index in [9.17, 15) is 0 Å². The molecular formula is C12H13BrOS2. The Bertz CT molecular complexity index is 461. The highest BCUT2D eigenvalue weighted by molar-refractivity contribution is 9.09. The van der Waals surface area contributed by atoms with E-state index in [1.807, 2.05) is 17.4 Å². The topological polar surface area (TPSA) is 9.23 Å². The lowest BCUT2D eigenvalue weighted by molar-refractivity contribution is 0.413. The van der Waals surface area contributed by atoms with Crippen LogP contribution in [0, 0.1) is 0 Å².